The lowest BCUT2D eigenvalue weighted by molar-refractivity contribution is -0.110. The van der Waals surface area contributed by atoms with E-state index in [4.69, 9.17) is 16.0 Å². The fraction of sp³-hybridized carbons (Fsp3) is 0. The van der Waals surface area contributed by atoms with Gasteiger partial charge in [-0.2, -0.15) is 0 Å². The van der Waals surface area contributed by atoms with Gasteiger partial charge < -0.3 is 9.73 Å². The second-order valence-electron chi connectivity index (χ2n) is 5.41. The fourth-order valence-electron chi connectivity index (χ4n) is 2.67. The van der Waals surface area contributed by atoms with Crippen molar-refractivity contribution in [1.82, 2.24) is 0 Å². The van der Waals surface area contributed by atoms with Crippen molar-refractivity contribution in [2.45, 2.75) is 0 Å². The Morgan fingerprint density at radius 2 is 1.96 bits per heavy atom. The van der Waals surface area contributed by atoms with Gasteiger partial charge in [0.25, 0.3) is 5.91 Å². The minimum absolute atomic E-state index is 0.135. The monoisotopic (exact) mass is 399 g/mol. The van der Waals surface area contributed by atoms with Crippen molar-refractivity contribution < 1.29 is 9.21 Å². The Bertz CT molecular complexity index is 991. The molecule has 1 N–H and O–H groups in total. The maximum atomic E-state index is 12.2. The second kappa shape index (κ2) is 5.96. The molecule has 0 saturated heterocycles. The van der Waals surface area contributed by atoms with Crippen molar-refractivity contribution in [3.63, 3.8) is 0 Å². The molecular formula is C19H11BrClNO2. The molecule has 1 amide bonds. The average molecular weight is 401 g/mol. The fourth-order valence-corrected chi connectivity index (χ4v) is 3.22. The van der Waals surface area contributed by atoms with E-state index in [1.807, 2.05) is 54.6 Å². The van der Waals surface area contributed by atoms with E-state index in [0.717, 1.165) is 21.3 Å². The van der Waals surface area contributed by atoms with Crippen LogP contribution in [0.5, 0.6) is 0 Å². The Morgan fingerprint density at radius 3 is 2.79 bits per heavy atom. The topological polar surface area (TPSA) is 42.2 Å². The first-order valence-electron chi connectivity index (χ1n) is 7.29. The van der Waals surface area contributed by atoms with Gasteiger partial charge in [0.05, 0.1) is 5.57 Å². The van der Waals surface area contributed by atoms with E-state index in [9.17, 15) is 4.79 Å². The maximum absolute atomic E-state index is 12.2. The highest BCUT2D eigenvalue weighted by molar-refractivity contribution is 9.10. The number of carbonyl (C=O) groups excluding carboxylic acids is 1. The highest BCUT2D eigenvalue weighted by atomic mass is 79.9. The van der Waals surface area contributed by atoms with E-state index in [1.165, 1.54) is 0 Å². The Labute approximate surface area is 152 Å². The van der Waals surface area contributed by atoms with E-state index < -0.39 is 0 Å². The summed E-state index contributed by atoms with van der Waals surface area (Å²) < 4.78 is 6.77. The van der Waals surface area contributed by atoms with Crippen molar-refractivity contribution in [2.75, 3.05) is 5.32 Å². The third-order valence-electron chi connectivity index (χ3n) is 3.79. The number of furan rings is 1. The van der Waals surface area contributed by atoms with E-state index in [2.05, 4.69) is 21.2 Å². The van der Waals surface area contributed by atoms with Gasteiger partial charge in [-0.05, 0) is 48.5 Å². The van der Waals surface area contributed by atoms with Gasteiger partial charge in [0.1, 0.15) is 11.5 Å². The summed E-state index contributed by atoms with van der Waals surface area (Å²) in [6.07, 6.45) is 1.75. The summed E-state index contributed by atoms with van der Waals surface area (Å²) in [5.74, 6) is 1.18. The number of rotatable bonds is 2. The molecule has 0 saturated carbocycles. The number of hydrogen-bond acceptors (Lipinski definition) is 2. The lowest BCUT2D eigenvalue weighted by Crippen LogP contribution is -2.03. The van der Waals surface area contributed by atoms with Crippen LogP contribution in [0.1, 0.15) is 11.3 Å². The molecular weight excluding hydrogens is 390 g/mol. The molecule has 1 aliphatic heterocycles. The van der Waals surface area contributed by atoms with Gasteiger partial charge >= 0.3 is 0 Å². The summed E-state index contributed by atoms with van der Waals surface area (Å²) in [6, 6.07) is 16.8. The molecule has 0 fully saturated rings. The van der Waals surface area contributed by atoms with Crippen LogP contribution in [0.3, 0.4) is 0 Å². The Kier molecular flexibility index (Phi) is 3.79. The first kappa shape index (κ1) is 15.2. The molecule has 0 unspecified atom stereocenters. The highest BCUT2D eigenvalue weighted by Gasteiger charge is 2.24. The summed E-state index contributed by atoms with van der Waals surface area (Å²) in [5.41, 5.74) is 3.13. The predicted octanol–water partition coefficient (Wildman–Crippen LogP) is 5.86. The Morgan fingerprint density at radius 1 is 1.08 bits per heavy atom. The first-order chi connectivity index (χ1) is 11.6. The van der Waals surface area contributed by atoms with E-state index in [1.54, 1.807) is 6.08 Å². The van der Waals surface area contributed by atoms with Crippen LogP contribution < -0.4 is 5.32 Å². The summed E-state index contributed by atoms with van der Waals surface area (Å²) >= 11 is 9.46. The minimum atomic E-state index is -0.135. The molecule has 0 spiro atoms. The molecule has 1 aliphatic rings. The van der Waals surface area contributed by atoms with E-state index >= 15 is 0 Å². The number of amides is 1. The molecule has 2 aromatic carbocycles. The standard InChI is InChI=1S/C19H11BrClNO2/c20-12-4-6-17-15(9-12)16(19(23)22-17)10-14-5-7-18(24-14)11-2-1-3-13(21)8-11/h1-10H,(H,22,23)/b16-10+. The van der Waals surface area contributed by atoms with Crippen molar-refractivity contribution in [2.24, 2.45) is 0 Å². The molecule has 0 atom stereocenters. The van der Waals surface area contributed by atoms with Crippen LogP contribution in [0.4, 0.5) is 5.69 Å². The molecule has 2 heterocycles. The Balaban J connectivity index is 1.73. The van der Waals surface area contributed by atoms with Crippen LogP contribution in [0.25, 0.3) is 23.0 Å². The molecule has 0 bridgehead atoms. The summed E-state index contributed by atoms with van der Waals surface area (Å²) in [4.78, 5) is 12.2. The van der Waals surface area contributed by atoms with Crippen molar-refractivity contribution in [3.8, 4) is 11.3 Å². The summed E-state index contributed by atoms with van der Waals surface area (Å²) in [6.45, 7) is 0. The van der Waals surface area contributed by atoms with Crippen LogP contribution >= 0.6 is 27.5 Å². The number of anilines is 1. The average Bonchev–Trinajstić information content (AvgIpc) is 3.14. The number of carbonyl (C=O) groups is 1. The number of fused-ring (bicyclic) bond motifs is 1. The van der Waals surface area contributed by atoms with E-state index in [-0.39, 0.29) is 5.91 Å². The lowest BCUT2D eigenvalue weighted by Gasteiger charge is -1.99. The molecule has 4 rings (SSSR count). The smallest absolute Gasteiger partial charge is 0.256 e. The van der Waals surface area contributed by atoms with Crippen LogP contribution in [0.2, 0.25) is 5.02 Å². The van der Waals surface area contributed by atoms with Crippen LogP contribution in [0, 0.1) is 0 Å². The third kappa shape index (κ3) is 2.79. The molecule has 0 aliphatic carbocycles. The van der Waals surface area contributed by atoms with Crippen LogP contribution in [-0.2, 0) is 4.79 Å². The number of halogens is 2. The highest BCUT2D eigenvalue weighted by Crippen LogP contribution is 2.35. The van der Waals surface area contributed by atoms with Crippen molar-refractivity contribution >= 4 is 50.8 Å². The van der Waals surface area contributed by atoms with Gasteiger partial charge in [-0.1, -0.05) is 39.7 Å². The number of nitrogens with one attached hydrogen (secondary N) is 1. The molecule has 24 heavy (non-hydrogen) atoms. The molecule has 5 heteroatoms. The first-order valence-corrected chi connectivity index (χ1v) is 8.46. The largest absolute Gasteiger partial charge is 0.457 e. The third-order valence-corrected chi connectivity index (χ3v) is 4.52. The number of hydrogen-bond donors (Lipinski definition) is 1. The van der Waals surface area contributed by atoms with Gasteiger partial charge in [0, 0.05) is 26.3 Å². The minimum Gasteiger partial charge on any atom is -0.457 e. The molecule has 3 nitrogen and oxygen atoms in total. The van der Waals surface area contributed by atoms with E-state index in [0.29, 0.717) is 22.1 Å². The van der Waals surface area contributed by atoms with Gasteiger partial charge in [-0.3, -0.25) is 4.79 Å². The molecule has 0 radical (unpaired) electrons. The molecule has 118 valence electrons. The zero-order valence-electron chi connectivity index (χ0n) is 12.3. The Hall–Kier alpha value is -2.30. The SMILES string of the molecule is O=C1Nc2ccc(Br)cc2/C1=C\c1ccc(-c2cccc(Cl)c2)o1. The summed E-state index contributed by atoms with van der Waals surface area (Å²) in [7, 11) is 0. The molecule has 1 aromatic heterocycles. The van der Waals surface area contributed by atoms with Crippen molar-refractivity contribution in [3.05, 3.63) is 75.4 Å². The normalized spacial score (nSPS) is 14.8. The number of benzene rings is 2. The molecule has 3 aromatic rings. The lowest BCUT2D eigenvalue weighted by atomic mass is 10.1. The van der Waals surface area contributed by atoms with Gasteiger partial charge in [0.2, 0.25) is 0 Å². The maximum Gasteiger partial charge on any atom is 0.256 e. The van der Waals surface area contributed by atoms with Gasteiger partial charge in [-0.15, -0.1) is 0 Å². The van der Waals surface area contributed by atoms with Crippen molar-refractivity contribution in [1.29, 1.82) is 0 Å². The zero-order valence-corrected chi connectivity index (χ0v) is 14.7. The quantitative estimate of drug-likeness (QED) is 0.548. The van der Waals surface area contributed by atoms with Gasteiger partial charge in [0.15, 0.2) is 0 Å². The van der Waals surface area contributed by atoms with Crippen LogP contribution in [0.15, 0.2) is 63.5 Å². The second-order valence-corrected chi connectivity index (χ2v) is 6.77. The zero-order chi connectivity index (χ0) is 16.7. The summed E-state index contributed by atoms with van der Waals surface area (Å²) in [5, 5.41) is 3.50. The predicted molar refractivity (Wildman–Crippen MR) is 99.8 cm³/mol. The van der Waals surface area contributed by atoms with Crippen LogP contribution in [-0.4, -0.2) is 5.91 Å². The van der Waals surface area contributed by atoms with Gasteiger partial charge in [-0.25, -0.2) is 0 Å².